The largest absolute Gasteiger partial charge is 0.452 e. The molecule has 4 nitrogen and oxygen atoms in total. The van der Waals surface area contributed by atoms with E-state index in [1.165, 1.54) is 11.8 Å². The van der Waals surface area contributed by atoms with Crippen LogP contribution in [0.2, 0.25) is 0 Å². The fourth-order valence-electron chi connectivity index (χ4n) is 1.92. The molecule has 0 aromatic heterocycles. The zero-order chi connectivity index (χ0) is 17.5. The van der Waals surface area contributed by atoms with E-state index >= 15 is 0 Å². The Morgan fingerprint density at radius 3 is 2.50 bits per heavy atom. The molecule has 0 bridgehead atoms. The summed E-state index contributed by atoms with van der Waals surface area (Å²) in [6, 6.07) is 15.0. The lowest BCUT2D eigenvalue weighted by atomic mass is 10.2. The Labute approximate surface area is 154 Å². The molecule has 0 fully saturated rings. The standard InChI is InChI=1S/C18H18BrNO3S/c1-12-5-3-4-6-16(12)24-11-17(21)23-13(2)18(22)20-15-9-7-14(19)8-10-15/h3-10,13H,11H2,1-2H3,(H,20,22)/t13-/m1/s1. The second-order valence-electron chi connectivity index (χ2n) is 5.18. The van der Waals surface area contributed by atoms with Gasteiger partial charge in [-0.3, -0.25) is 9.59 Å². The summed E-state index contributed by atoms with van der Waals surface area (Å²) in [4.78, 5) is 25.0. The number of hydrogen-bond acceptors (Lipinski definition) is 4. The molecule has 0 heterocycles. The number of anilines is 1. The van der Waals surface area contributed by atoms with Gasteiger partial charge in [-0.2, -0.15) is 0 Å². The van der Waals surface area contributed by atoms with Gasteiger partial charge in [0.1, 0.15) is 0 Å². The quantitative estimate of drug-likeness (QED) is 0.568. The van der Waals surface area contributed by atoms with Crippen molar-refractivity contribution < 1.29 is 14.3 Å². The van der Waals surface area contributed by atoms with Crippen LogP contribution in [0.5, 0.6) is 0 Å². The number of carbonyl (C=O) groups excluding carboxylic acids is 2. The molecule has 0 unspecified atom stereocenters. The van der Waals surface area contributed by atoms with Crippen molar-refractivity contribution >= 4 is 45.3 Å². The van der Waals surface area contributed by atoms with E-state index in [1.807, 2.05) is 43.3 Å². The summed E-state index contributed by atoms with van der Waals surface area (Å²) in [5.41, 5.74) is 1.76. The number of aryl methyl sites for hydroxylation is 1. The topological polar surface area (TPSA) is 55.4 Å². The van der Waals surface area contributed by atoms with E-state index in [0.29, 0.717) is 5.69 Å². The Morgan fingerprint density at radius 1 is 1.17 bits per heavy atom. The van der Waals surface area contributed by atoms with Gasteiger partial charge < -0.3 is 10.1 Å². The van der Waals surface area contributed by atoms with E-state index in [2.05, 4.69) is 21.2 Å². The molecule has 24 heavy (non-hydrogen) atoms. The Hall–Kier alpha value is -1.79. The molecule has 0 saturated carbocycles. The molecular weight excluding hydrogens is 390 g/mol. The van der Waals surface area contributed by atoms with Gasteiger partial charge in [-0.15, -0.1) is 11.8 Å². The highest BCUT2D eigenvalue weighted by atomic mass is 79.9. The summed E-state index contributed by atoms with van der Waals surface area (Å²) >= 11 is 4.73. The number of hydrogen-bond donors (Lipinski definition) is 1. The zero-order valence-electron chi connectivity index (χ0n) is 13.4. The van der Waals surface area contributed by atoms with Crippen LogP contribution in [0.4, 0.5) is 5.69 Å². The van der Waals surface area contributed by atoms with Crippen molar-refractivity contribution in [2.45, 2.75) is 24.8 Å². The number of amides is 1. The van der Waals surface area contributed by atoms with Crippen LogP contribution in [0.25, 0.3) is 0 Å². The van der Waals surface area contributed by atoms with Crippen molar-refractivity contribution in [3.8, 4) is 0 Å². The molecular formula is C18H18BrNO3S. The molecule has 0 radical (unpaired) electrons. The fourth-order valence-corrected chi connectivity index (χ4v) is 2.99. The summed E-state index contributed by atoms with van der Waals surface area (Å²) in [6.45, 7) is 3.55. The minimum absolute atomic E-state index is 0.167. The molecule has 0 spiro atoms. The Morgan fingerprint density at radius 2 is 1.83 bits per heavy atom. The zero-order valence-corrected chi connectivity index (χ0v) is 15.8. The lowest BCUT2D eigenvalue weighted by molar-refractivity contribution is -0.150. The van der Waals surface area contributed by atoms with Crippen LogP contribution >= 0.6 is 27.7 Å². The summed E-state index contributed by atoms with van der Waals surface area (Å²) < 4.78 is 6.11. The summed E-state index contributed by atoms with van der Waals surface area (Å²) in [6.07, 6.45) is -0.849. The molecule has 2 rings (SSSR count). The van der Waals surface area contributed by atoms with Crippen LogP contribution in [0.3, 0.4) is 0 Å². The first kappa shape index (κ1) is 18.5. The minimum Gasteiger partial charge on any atom is -0.452 e. The fraction of sp³-hybridized carbons (Fsp3) is 0.222. The number of nitrogens with one attached hydrogen (secondary N) is 1. The maximum atomic E-state index is 12.1. The number of benzene rings is 2. The second kappa shape index (κ2) is 8.89. The average Bonchev–Trinajstić information content (AvgIpc) is 2.56. The third kappa shape index (κ3) is 5.69. The van der Waals surface area contributed by atoms with Gasteiger partial charge in [-0.05, 0) is 49.7 Å². The number of esters is 1. The first-order chi connectivity index (χ1) is 11.5. The molecule has 1 N–H and O–H groups in total. The van der Waals surface area contributed by atoms with Crippen molar-refractivity contribution in [1.82, 2.24) is 0 Å². The van der Waals surface area contributed by atoms with E-state index in [0.717, 1.165) is 14.9 Å². The van der Waals surface area contributed by atoms with Crippen LogP contribution in [0.15, 0.2) is 57.9 Å². The number of carbonyl (C=O) groups is 2. The van der Waals surface area contributed by atoms with Gasteiger partial charge in [-0.25, -0.2) is 0 Å². The molecule has 1 amide bonds. The first-order valence-electron chi connectivity index (χ1n) is 7.40. The number of thioether (sulfide) groups is 1. The van der Waals surface area contributed by atoms with Crippen molar-refractivity contribution in [3.63, 3.8) is 0 Å². The van der Waals surface area contributed by atoms with Gasteiger partial charge in [0.05, 0.1) is 5.75 Å². The summed E-state index contributed by atoms with van der Waals surface area (Å²) in [7, 11) is 0. The van der Waals surface area contributed by atoms with Crippen LogP contribution < -0.4 is 5.32 Å². The normalized spacial score (nSPS) is 11.6. The third-order valence-corrected chi connectivity index (χ3v) is 4.91. The van der Waals surface area contributed by atoms with Gasteiger partial charge >= 0.3 is 5.97 Å². The van der Waals surface area contributed by atoms with Crippen molar-refractivity contribution in [3.05, 3.63) is 58.6 Å². The van der Waals surface area contributed by atoms with Crippen molar-refractivity contribution in [1.29, 1.82) is 0 Å². The Bertz CT molecular complexity index is 718. The third-order valence-electron chi connectivity index (χ3n) is 3.23. The average molecular weight is 408 g/mol. The lowest BCUT2D eigenvalue weighted by Crippen LogP contribution is -2.30. The van der Waals surface area contributed by atoms with E-state index in [1.54, 1.807) is 19.1 Å². The van der Waals surface area contributed by atoms with Gasteiger partial charge in [-0.1, -0.05) is 34.1 Å². The number of rotatable bonds is 6. The van der Waals surface area contributed by atoms with Crippen LogP contribution in [0.1, 0.15) is 12.5 Å². The monoisotopic (exact) mass is 407 g/mol. The molecule has 126 valence electrons. The summed E-state index contributed by atoms with van der Waals surface area (Å²) in [5.74, 6) is -0.603. The highest BCUT2D eigenvalue weighted by Crippen LogP contribution is 2.22. The SMILES string of the molecule is Cc1ccccc1SCC(=O)O[C@H](C)C(=O)Nc1ccc(Br)cc1. The maximum Gasteiger partial charge on any atom is 0.317 e. The van der Waals surface area contributed by atoms with Crippen LogP contribution in [-0.4, -0.2) is 23.7 Å². The van der Waals surface area contributed by atoms with Gasteiger partial charge in [0.25, 0.3) is 5.91 Å². The molecule has 0 aliphatic heterocycles. The van der Waals surface area contributed by atoms with Gasteiger partial charge in [0, 0.05) is 15.1 Å². The van der Waals surface area contributed by atoms with E-state index in [-0.39, 0.29) is 11.7 Å². The first-order valence-corrected chi connectivity index (χ1v) is 9.18. The Kier molecular flexibility index (Phi) is 6.87. The maximum absolute atomic E-state index is 12.1. The molecule has 1 atom stereocenters. The van der Waals surface area contributed by atoms with E-state index < -0.39 is 12.1 Å². The molecule has 6 heteroatoms. The molecule has 0 saturated heterocycles. The molecule has 2 aromatic carbocycles. The number of halogens is 1. The minimum atomic E-state index is -0.849. The van der Waals surface area contributed by atoms with Gasteiger partial charge in [0.15, 0.2) is 6.10 Å². The highest BCUT2D eigenvalue weighted by molar-refractivity contribution is 9.10. The van der Waals surface area contributed by atoms with E-state index in [9.17, 15) is 9.59 Å². The second-order valence-corrected chi connectivity index (χ2v) is 7.12. The lowest BCUT2D eigenvalue weighted by Gasteiger charge is -2.13. The van der Waals surface area contributed by atoms with Crippen molar-refractivity contribution in [2.24, 2.45) is 0 Å². The molecule has 2 aromatic rings. The number of ether oxygens (including phenoxy) is 1. The molecule has 0 aliphatic rings. The predicted molar refractivity (Wildman–Crippen MR) is 100 cm³/mol. The van der Waals surface area contributed by atoms with E-state index in [4.69, 9.17) is 4.74 Å². The molecule has 0 aliphatic carbocycles. The Balaban J connectivity index is 1.81. The van der Waals surface area contributed by atoms with Crippen molar-refractivity contribution in [2.75, 3.05) is 11.1 Å². The van der Waals surface area contributed by atoms with Crippen LogP contribution in [-0.2, 0) is 14.3 Å². The predicted octanol–water partition coefficient (Wildman–Crippen LogP) is 4.42. The van der Waals surface area contributed by atoms with Crippen LogP contribution in [0, 0.1) is 6.92 Å². The van der Waals surface area contributed by atoms with Gasteiger partial charge in [0.2, 0.25) is 0 Å². The highest BCUT2D eigenvalue weighted by Gasteiger charge is 2.18. The smallest absolute Gasteiger partial charge is 0.317 e. The summed E-state index contributed by atoms with van der Waals surface area (Å²) in [5, 5.41) is 2.71.